The summed E-state index contributed by atoms with van der Waals surface area (Å²) in [5.41, 5.74) is -0.00597. The molecule has 0 saturated carbocycles. The van der Waals surface area contributed by atoms with Gasteiger partial charge >= 0.3 is 6.36 Å². The number of hydrogen-bond acceptors (Lipinski definition) is 11. The first-order valence-electron chi connectivity index (χ1n) is 9.96. The van der Waals surface area contributed by atoms with Gasteiger partial charge in [-0.3, -0.25) is 4.79 Å². The van der Waals surface area contributed by atoms with Crippen LogP contribution in [-0.2, 0) is 4.79 Å². The molecule has 4 rings (SSSR count). The van der Waals surface area contributed by atoms with Crippen molar-refractivity contribution in [2.24, 2.45) is 0 Å². The van der Waals surface area contributed by atoms with E-state index in [2.05, 4.69) is 40.7 Å². The molecule has 1 fully saturated rings. The van der Waals surface area contributed by atoms with Gasteiger partial charge in [-0.15, -0.1) is 33.6 Å². The van der Waals surface area contributed by atoms with E-state index in [0.717, 1.165) is 24.3 Å². The summed E-state index contributed by atoms with van der Waals surface area (Å²) in [4.78, 5) is 17.6. The summed E-state index contributed by atoms with van der Waals surface area (Å²) in [6.45, 7) is 2.56. The van der Waals surface area contributed by atoms with Crippen molar-refractivity contribution >= 4 is 33.9 Å². The van der Waals surface area contributed by atoms with E-state index in [0.29, 0.717) is 17.5 Å². The molecule has 1 aliphatic rings. The van der Waals surface area contributed by atoms with Crippen LogP contribution < -0.4 is 25.0 Å². The third kappa shape index (κ3) is 5.41. The second-order valence-corrected chi connectivity index (χ2v) is 8.18. The highest BCUT2D eigenvalue weighted by atomic mass is 32.1. The fourth-order valence-electron chi connectivity index (χ4n) is 3.48. The number of alkyl halides is 3. The number of ether oxygens (including phenoxy) is 2. The minimum Gasteiger partial charge on any atom is -0.493 e. The Labute approximate surface area is 195 Å². The molecule has 3 heterocycles. The Bertz CT molecular complexity index is 1160. The Morgan fingerprint density at radius 1 is 1.26 bits per heavy atom. The molecule has 1 amide bonds. The van der Waals surface area contributed by atoms with Crippen LogP contribution in [-0.4, -0.2) is 63.9 Å². The molecule has 0 bridgehead atoms. The molecule has 1 saturated heterocycles. The standard InChI is InChI=1S/C19H19F3N8O3S/c1-10(31)25-12-3-4-13(32-2)16(33-19(20,21)22)15(12)17-28-29-18(34-17)26-11-5-6-30(8-11)14-7-23-9-24-27-14/h3-4,7,9,11H,5-6,8H2,1-2H3,(H,25,31)(H,26,29)/t11-/m1/s1. The number of amides is 1. The van der Waals surface area contributed by atoms with Crippen LogP contribution in [0.1, 0.15) is 13.3 Å². The van der Waals surface area contributed by atoms with Gasteiger partial charge in [-0.2, -0.15) is 0 Å². The van der Waals surface area contributed by atoms with Gasteiger partial charge < -0.3 is 25.0 Å². The number of carbonyl (C=O) groups is 1. The van der Waals surface area contributed by atoms with Crippen molar-refractivity contribution in [2.75, 3.05) is 35.7 Å². The number of rotatable bonds is 7. The van der Waals surface area contributed by atoms with Gasteiger partial charge in [0.25, 0.3) is 0 Å². The summed E-state index contributed by atoms with van der Waals surface area (Å²) in [6, 6.07) is 2.68. The number of halogens is 3. The summed E-state index contributed by atoms with van der Waals surface area (Å²) in [6.07, 6.45) is -1.26. The van der Waals surface area contributed by atoms with E-state index < -0.39 is 18.0 Å². The van der Waals surface area contributed by atoms with Gasteiger partial charge in [0.2, 0.25) is 11.0 Å². The number of aromatic nitrogens is 5. The van der Waals surface area contributed by atoms with Crippen LogP contribution in [0.25, 0.3) is 10.6 Å². The maximum Gasteiger partial charge on any atom is 0.573 e. The number of nitrogens with zero attached hydrogens (tertiary/aromatic N) is 6. The number of methoxy groups -OCH3 is 1. The highest BCUT2D eigenvalue weighted by Gasteiger charge is 2.36. The molecule has 15 heteroatoms. The smallest absolute Gasteiger partial charge is 0.493 e. The normalized spacial score (nSPS) is 15.8. The van der Waals surface area contributed by atoms with Gasteiger partial charge in [-0.25, -0.2) is 4.98 Å². The lowest BCUT2D eigenvalue weighted by Crippen LogP contribution is -2.26. The van der Waals surface area contributed by atoms with Crippen LogP contribution in [0.5, 0.6) is 11.5 Å². The van der Waals surface area contributed by atoms with E-state index in [1.54, 1.807) is 6.20 Å². The van der Waals surface area contributed by atoms with Crippen molar-refractivity contribution in [3.05, 3.63) is 24.7 Å². The Balaban J connectivity index is 1.61. The molecule has 180 valence electrons. The maximum absolute atomic E-state index is 13.2. The van der Waals surface area contributed by atoms with Crippen LogP contribution >= 0.6 is 11.3 Å². The van der Waals surface area contributed by atoms with Crippen LogP contribution in [0.2, 0.25) is 0 Å². The monoisotopic (exact) mass is 496 g/mol. The third-order valence-electron chi connectivity index (χ3n) is 4.82. The lowest BCUT2D eigenvalue weighted by molar-refractivity contribution is -0.274. The predicted molar refractivity (Wildman–Crippen MR) is 117 cm³/mol. The lowest BCUT2D eigenvalue weighted by Gasteiger charge is -2.18. The second kappa shape index (κ2) is 9.62. The minimum absolute atomic E-state index is 0.00572. The summed E-state index contributed by atoms with van der Waals surface area (Å²) in [7, 11) is 1.21. The Morgan fingerprint density at radius 2 is 2.09 bits per heavy atom. The second-order valence-electron chi connectivity index (χ2n) is 7.20. The van der Waals surface area contributed by atoms with Crippen molar-refractivity contribution in [2.45, 2.75) is 25.7 Å². The third-order valence-corrected chi connectivity index (χ3v) is 5.69. The molecule has 0 unspecified atom stereocenters. The number of anilines is 3. The van der Waals surface area contributed by atoms with Gasteiger partial charge in [0.1, 0.15) is 6.33 Å². The first-order valence-corrected chi connectivity index (χ1v) is 10.8. The van der Waals surface area contributed by atoms with E-state index in [9.17, 15) is 18.0 Å². The van der Waals surface area contributed by atoms with Crippen molar-refractivity contribution in [3.8, 4) is 22.1 Å². The summed E-state index contributed by atoms with van der Waals surface area (Å²) in [5.74, 6) is -0.617. The zero-order valence-electron chi connectivity index (χ0n) is 18.0. The van der Waals surface area contributed by atoms with Gasteiger partial charge in [0.15, 0.2) is 22.3 Å². The fourth-order valence-corrected chi connectivity index (χ4v) is 4.35. The molecular weight excluding hydrogens is 477 g/mol. The fraction of sp³-hybridized carbons (Fsp3) is 0.368. The van der Waals surface area contributed by atoms with Crippen LogP contribution in [0.15, 0.2) is 24.7 Å². The molecule has 1 atom stereocenters. The molecule has 2 N–H and O–H groups in total. The average molecular weight is 496 g/mol. The Morgan fingerprint density at radius 3 is 2.76 bits per heavy atom. The van der Waals surface area contributed by atoms with Crippen LogP contribution in [0.4, 0.5) is 29.8 Å². The number of hydrogen-bond donors (Lipinski definition) is 2. The molecule has 3 aromatic rings. The number of nitrogens with one attached hydrogen (secondary N) is 2. The van der Waals surface area contributed by atoms with Crippen LogP contribution in [0.3, 0.4) is 0 Å². The van der Waals surface area contributed by atoms with Crippen molar-refractivity contribution in [3.63, 3.8) is 0 Å². The zero-order chi connectivity index (χ0) is 24.3. The molecular formula is C19H19F3N8O3S. The molecule has 2 aromatic heterocycles. The SMILES string of the molecule is COc1ccc(NC(C)=O)c(-c2nnc(N[C@@H]3CCN(c4cncnn4)C3)s2)c1OC(F)(F)F. The van der Waals surface area contributed by atoms with E-state index in [1.165, 1.54) is 32.5 Å². The Kier molecular flexibility index (Phi) is 6.63. The number of carbonyl (C=O) groups excluding carboxylic acids is 1. The summed E-state index contributed by atoms with van der Waals surface area (Å²) in [5, 5.41) is 22.2. The zero-order valence-corrected chi connectivity index (χ0v) is 18.8. The largest absolute Gasteiger partial charge is 0.573 e. The van der Waals surface area contributed by atoms with Crippen molar-refractivity contribution < 1.29 is 27.4 Å². The van der Waals surface area contributed by atoms with E-state index in [1.807, 2.05) is 4.90 Å². The number of benzene rings is 1. The molecule has 34 heavy (non-hydrogen) atoms. The highest BCUT2D eigenvalue weighted by molar-refractivity contribution is 7.18. The van der Waals surface area contributed by atoms with Gasteiger partial charge in [0.05, 0.1) is 24.6 Å². The molecule has 0 spiro atoms. The van der Waals surface area contributed by atoms with Crippen LogP contribution in [0, 0.1) is 0 Å². The minimum atomic E-state index is -4.99. The predicted octanol–water partition coefficient (Wildman–Crippen LogP) is 2.95. The van der Waals surface area contributed by atoms with E-state index in [4.69, 9.17) is 4.74 Å². The lowest BCUT2D eigenvalue weighted by atomic mass is 10.1. The highest BCUT2D eigenvalue weighted by Crippen LogP contribution is 2.47. The Hall–Kier alpha value is -3.75. The average Bonchev–Trinajstić information content (AvgIpc) is 3.43. The molecule has 1 aliphatic heterocycles. The molecule has 11 nitrogen and oxygen atoms in total. The van der Waals surface area contributed by atoms with Crippen molar-refractivity contribution in [1.29, 1.82) is 0 Å². The van der Waals surface area contributed by atoms with Crippen molar-refractivity contribution in [1.82, 2.24) is 25.4 Å². The van der Waals surface area contributed by atoms with Gasteiger partial charge in [-0.05, 0) is 18.6 Å². The summed E-state index contributed by atoms with van der Waals surface area (Å²) < 4.78 is 48.8. The first kappa shape index (κ1) is 23.4. The maximum atomic E-state index is 13.2. The topological polar surface area (TPSA) is 127 Å². The summed E-state index contributed by atoms with van der Waals surface area (Å²) >= 11 is 1.02. The molecule has 1 aromatic carbocycles. The van der Waals surface area contributed by atoms with Gasteiger partial charge in [-0.1, -0.05) is 11.3 Å². The van der Waals surface area contributed by atoms with E-state index in [-0.39, 0.29) is 28.0 Å². The quantitative estimate of drug-likeness (QED) is 0.504. The molecule has 0 radical (unpaired) electrons. The van der Waals surface area contributed by atoms with E-state index >= 15 is 0 Å². The molecule has 0 aliphatic carbocycles. The first-order chi connectivity index (χ1) is 16.2. The van der Waals surface area contributed by atoms with Gasteiger partial charge in [0, 0.05) is 26.1 Å².